The van der Waals surface area contributed by atoms with Crippen LogP contribution in [0.25, 0.3) is 0 Å². The minimum Gasteiger partial charge on any atom is -0.480 e. The number of nitrogens with one attached hydrogen (secondary N) is 2. The molecule has 3 aromatic rings. The summed E-state index contributed by atoms with van der Waals surface area (Å²) in [6, 6.07) is 14.9. The van der Waals surface area contributed by atoms with E-state index in [4.69, 9.17) is 4.74 Å². The van der Waals surface area contributed by atoms with E-state index in [1.807, 2.05) is 39.0 Å². The second-order valence-corrected chi connectivity index (χ2v) is 8.76. The molecule has 0 aliphatic heterocycles. The minimum absolute atomic E-state index is 0.0769. The monoisotopic (exact) mass is 439 g/mol. The van der Waals surface area contributed by atoms with E-state index in [9.17, 15) is 13.2 Å². The summed E-state index contributed by atoms with van der Waals surface area (Å²) in [5, 5.41) is 2.79. The third kappa shape index (κ3) is 5.61. The van der Waals surface area contributed by atoms with Gasteiger partial charge in [-0.3, -0.25) is 14.5 Å². The van der Waals surface area contributed by atoms with Gasteiger partial charge >= 0.3 is 0 Å². The zero-order valence-electron chi connectivity index (χ0n) is 17.6. The maximum Gasteiger partial charge on any atom is 0.265 e. The Labute approximate surface area is 182 Å². The minimum atomic E-state index is -3.76. The summed E-state index contributed by atoms with van der Waals surface area (Å²) in [5.41, 5.74) is 2.93. The van der Waals surface area contributed by atoms with Crippen LogP contribution in [0.2, 0.25) is 0 Å². The van der Waals surface area contributed by atoms with E-state index in [1.54, 1.807) is 30.5 Å². The fourth-order valence-electron chi connectivity index (χ4n) is 2.90. The van der Waals surface area contributed by atoms with Crippen molar-refractivity contribution >= 4 is 27.3 Å². The first-order valence-corrected chi connectivity index (χ1v) is 11.3. The Hall–Kier alpha value is -3.39. The van der Waals surface area contributed by atoms with Crippen molar-refractivity contribution in [1.29, 1.82) is 0 Å². The first kappa shape index (κ1) is 22.3. The van der Waals surface area contributed by atoms with Gasteiger partial charge < -0.3 is 10.1 Å². The first-order valence-electron chi connectivity index (χ1n) is 9.87. The molecule has 2 aromatic carbocycles. The lowest BCUT2D eigenvalue weighted by atomic mass is 10.1. The average Bonchev–Trinajstić information content (AvgIpc) is 2.75. The number of ether oxygens (including phenoxy) is 1. The molecule has 0 radical (unpaired) electrons. The highest BCUT2D eigenvalue weighted by Crippen LogP contribution is 2.23. The molecule has 0 bridgehead atoms. The molecule has 0 saturated heterocycles. The molecule has 31 heavy (non-hydrogen) atoms. The van der Waals surface area contributed by atoms with E-state index in [-0.39, 0.29) is 10.8 Å². The molecule has 1 aromatic heterocycles. The largest absolute Gasteiger partial charge is 0.480 e. The molecule has 0 spiro atoms. The van der Waals surface area contributed by atoms with Crippen molar-refractivity contribution in [3.63, 3.8) is 0 Å². The van der Waals surface area contributed by atoms with Crippen molar-refractivity contribution in [3.05, 3.63) is 78.1 Å². The highest BCUT2D eigenvalue weighted by atomic mass is 32.2. The number of benzene rings is 2. The van der Waals surface area contributed by atoms with Crippen LogP contribution in [0.5, 0.6) is 5.75 Å². The second kappa shape index (κ2) is 9.61. The molecule has 7 nitrogen and oxygen atoms in total. The van der Waals surface area contributed by atoms with Gasteiger partial charge in [-0.15, -0.1) is 0 Å². The Bertz CT molecular complexity index is 1150. The Morgan fingerprint density at radius 2 is 1.77 bits per heavy atom. The fourth-order valence-corrected chi connectivity index (χ4v) is 3.95. The van der Waals surface area contributed by atoms with Crippen LogP contribution in [0, 0.1) is 13.8 Å². The summed E-state index contributed by atoms with van der Waals surface area (Å²) < 4.78 is 33.4. The van der Waals surface area contributed by atoms with Crippen LogP contribution >= 0.6 is 0 Å². The molecule has 8 heteroatoms. The highest BCUT2D eigenvalue weighted by Gasteiger charge is 2.20. The first-order chi connectivity index (χ1) is 14.8. The van der Waals surface area contributed by atoms with Gasteiger partial charge in [0.1, 0.15) is 5.75 Å². The lowest BCUT2D eigenvalue weighted by Crippen LogP contribution is -2.32. The number of hydrogen-bond acceptors (Lipinski definition) is 5. The summed E-state index contributed by atoms with van der Waals surface area (Å²) in [6.45, 7) is 5.81. The number of sulfonamides is 1. The van der Waals surface area contributed by atoms with E-state index in [1.165, 1.54) is 18.3 Å². The van der Waals surface area contributed by atoms with Gasteiger partial charge in [-0.2, -0.15) is 0 Å². The number of hydrogen-bond donors (Lipinski definition) is 2. The Balaban J connectivity index is 1.68. The van der Waals surface area contributed by atoms with Crippen molar-refractivity contribution in [2.24, 2.45) is 0 Å². The number of carbonyl (C=O) groups is 1. The predicted molar refractivity (Wildman–Crippen MR) is 121 cm³/mol. The van der Waals surface area contributed by atoms with E-state index in [2.05, 4.69) is 15.0 Å². The van der Waals surface area contributed by atoms with Gasteiger partial charge in [-0.25, -0.2) is 8.42 Å². The zero-order valence-corrected chi connectivity index (χ0v) is 18.4. The molecule has 3 rings (SSSR count). The average molecular weight is 440 g/mol. The maximum atomic E-state index is 12.7. The zero-order chi connectivity index (χ0) is 22.4. The lowest BCUT2D eigenvalue weighted by Gasteiger charge is -2.19. The van der Waals surface area contributed by atoms with Crippen molar-refractivity contribution < 1.29 is 17.9 Å². The topological polar surface area (TPSA) is 97.4 Å². The van der Waals surface area contributed by atoms with Gasteiger partial charge in [0.15, 0.2) is 6.10 Å². The molecule has 1 atom stereocenters. The predicted octanol–water partition coefficient (Wildman–Crippen LogP) is 4.30. The van der Waals surface area contributed by atoms with Crippen LogP contribution in [-0.2, 0) is 14.8 Å². The second-order valence-electron chi connectivity index (χ2n) is 7.07. The highest BCUT2D eigenvalue weighted by molar-refractivity contribution is 7.92. The molecule has 0 saturated carbocycles. The van der Waals surface area contributed by atoms with Crippen molar-refractivity contribution in [3.8, 4) is 5.75 Å². The van der Waals surface area contributed by atoms with Crippen LogP contribution in [-0.4, -0.2) is 25.4 Å². The van der Waals surface area contributed by atoms with Crippen LogP contribution < -0.4 is 14.8 Å². The standard InChI is InChI=1S/C23H25N3O4S/c1-4-21(30-22-9-5-7-16(2)17(22)3)23(27)25-18-10-12-20(13-11-18)31(28,29)26-19-8-6-14-24-15-19/h5-15,21,26H,4H2,1-3H3,(H,25,27)/t21-/m1/s1. The van der Waals surface area contributed by atoms with Gasteiger partial charge in [0.2, 0.25) is 0 Å². The molecule has 0 aliphatic rings. The summed E-state index contributed by atoms with van der Waals surface area (Å²) in [6.07, 6.45) is 2.80. The van der Waals surface area contributed by atoms with Gasteiger partial charge in [-0.1, -0.05) is 19.1 Å². The molecule has 2 N–H and O–H groups in total. The number of anilines is 2. The van der Waals surface area contributed by atoms with Crippen LogP contribution in [0.15, 0.2) is 71.9 Å². The number of aromatic nitrogens is 1. The number of rotatable bonds is 8. The van der Waals surface area contributed by atoms with Gasteiger partial charge in [0, 0.05) is 11.9 Å². The Morgan fingerprint density at radius 3 is 2.42 bits per heavy atom. The van der Waals surface area contributed by atoms with E-state index in [0.29, 0.717) is 23.5 Å². The fraction of sp³-hybridized carbons (Fsp3) is 0.217. The van der Waals surface area contributed by atoms with E-state index < -0.39 is 16.1 Å². The van der Waals surface area contributed by atoms with Crippen LogP contribution in [0.4, 0.5) is 11.4 Å². The molecule has 162 valence electrons. The van der Waals surface area contributed by atoms with Gasteiger partial charge in [-0.05, 0) is 73.9 Å². The smallest absolute Gasteiger partial charge is 0.265 e. The van der Waals surface area contributed by atoms with Crippen molar-refractivity contribution in [2.45, 2.75) is 38.2 Å². The van der Waals surface area contributed by atoms with Crippen LogP contribution in [0.3, 0.4) is 0 Å². The molecular formula is C23H25N3O4S. The van der Waals surface area contributed by atoms with Crippen molar-refractivity contribution in [2.75, 3.05) is 10.0 Å². The summed E-state index contributed by atoms with van der Waals surface area (Å²) in [7, 11) is -3.76. The van der Waals surface area contributed by atoms with Crippen molar-refractivity contribution in [1.82, 2.24) is 4.98 Å². The summed E-state index contributed by atoms with van der Waals surface area (Å²) in [4.78, 5) is 16.7. The number of carbonyl (C=O) groups excluding carboxylic acids is 1. The number of pyridine rings is 1. The molecule has 0 unspecified atom stereocenters. The quantitative estimate of drug-likeness (QED) is 0.546. The maximum absolute atomic E-state index is 12.7. The van der Waals surface area contributed by atoms with Gasteiger partial charge in [0.25, 0.3) is 15.9 Å². The van der Waals surface area contributed by atoms with Gasteiger partial charge in [0.05, 0.1) is 16.8 Å². The number of aryl methyl sites for hydroxylation is 1. The number of amides is 1. The normalized spacial score (nSPS) is 12.1. The molecule has 1 heterocycles. The lowest BCUT2D eigenvalue weighted by molar-refractivity contribution is -0.122. The molecular weight excluding hydrogens is 414 g/mol. The third-order valence-electron chi connectivity index (χ3n) is 4.83. The molecule has 0 aliphatic carbocycles. The summed E-state index contributed by atoms with van der Waals surface area (Å²) >= 11 is 0. The Kier molecular flexibility index (Phi) is 6.91. The van der Waals surface area contributed by atoms with E-state index >= 15 is 0 Å². The summed E-state index contributed by atoms with van der Waals surface area (Å²) in [5.74, 6) is 0.373. The molecule has 0 fully saturated rings. The van der Waals surface area contributed by atoms with Crippen LogP contribution in [0.1, 0.15) is 24.5 Å². The molecule has 1 amide bonds. The SMILES string of the molecule is CC[C@@H](Oc1cccc(C)c1C)C(=O)Nc1ccc(S(=O)(=O)Nc2cccnc2)cc1. The third-order valence-corrected chi connectivity index (χ3v) is 6.23. The van der Waals surface area contributed by atoms with E-state index in [0.717, 1.165) is 11.1 Å². The Morgan fingerprint density at radius 1 is 1.03 bits per heavy atom. The number of nitrogens with zero attached hydrogens (tertiary/aromatic N) is 1.